The summed E-state index contributed by atoms with van der Waals surface area (Å²) in [7, 11) is 0. The van der Waals surface area contributed by atoms with Gasteiger partial charge in [0, 0.05) is 65.7 Å². The lowest BCUT2D eigenvalue weighted by molar-refractivity contribution is -0.179. The maximum Gasteiger partial charge on any atom is 0.218 e. The van der Waals surface area contributed by atoms with Crippen molar-refractivity contribution in [1.29, 1.82) is 0 Å². The van der Waals surface area contributed by atoms with Crippen LogP contribution in [0.2, 0.25) is 10.0 Å². The van der Waals surface area contributed by atoms with E-state index in [1.807, 2.05) is 24.3 Å². The lowest BCUT2D eigenvalue weighted by atomic mass is 9.68. The molecule has 97 heavy (non-hydrogen) atoms. The Morgan fingerprint density at radius 2 is 0.938 bits per heavy atom. The molecule has 10 rings (SSSR count). The van der Waals surface area contributed by atoms with Crippen LogP contribution in [0.25, 0.3) is 66.0 Å². The van der Waals surface area contributed by atoms with Gasteiger partial charge in [-0.1, -0.05) is 240 Å². The molecule has 2 aromatic heterocycles. The van der Waals surface area contributed by atoms with Gasteiger partial charge in [0.1, 0.15) is 17.5 Å². The first-order chi connectivity index (χ1) is 44.6. The summed E-state index contributed by atoms with van der Waals surface area (Å²) in [5.41, 5.74) is 15.7. The average molecular weight is 1350 g/mol. The molecule has 2 heterocycles. The average Bonchev–Trinajstić information content (AvgIpc) is 1.65. The Kier molecular flexibility index (Phi) is 19.5. The molecule has 7 aromatic carbocycles. The highest BCUT2D eigenvalue weighted by Crippen LogP contribution is 2.54. The number of aromatic hydroxyl groups is 1. The van der Waals surface area contributed by atoms with Crippen LogP contribution in [0.1, 0.15) is 262 Å². The molecule has 9 aromatic rings. The van der Waals surface area contributed by atoms with E-state index in [0.29, 0.717) is 44.6 Å². The van der Waals surface area contributed by atoms with Gasteiger partial charge < -0.3 is 28.8 Å². The molecule has 0 amide bonds. The van der Waals surface area contributed by atoms with E-state index in [4.69, 9.17) is 32.7 Å². The highest BCUT2D eigenvalue weighted by atomic mass is 35.5. The molecule has 0 saturated heterocycles. The van der Waals surface area contributed by atoms with Gasteiger partial charge in [0.05, 0.1) is 29.9 Å². The number of ether oxygens (including phenoxy) is 2. The summed E-state index contributed by atoms with van der Waals surface area (Å²) in [6, 6.07) is 41.3. The predicted octanol–water partition coefficient (Wildman–Crippen LogP) is 25.9. The minimum atomic E-state index is -1.93. The third kappa shape index (κ3) is 15.0. The molecule has 518 valence electrons. The third-order valence-electron chi connectivity index (χ3n) is 20.3. The maximum absolute atomic E-state index is 14.5. The number of rotatable bonds is 16. The maximum atomic E-state index is 14.5. The molecule has 2 atom stereocenters. The van der Waals surface area contributed by atoms with Gasteiger partial charge in [-0.15, -0.1) is 0 Å². The topological polar surface area (TPSA) is 68.8 Å². The van der Waals surface area contributed by atoms with Crippen molar-refractivity contribution in [2.24, 2.45) is 16.2 Å². The second kappa shape index (κ2) is 25.7. The molecular formula is C89H114Cl2N2O4. The largest absolute Gasteiger partial charge is 0.505 e. The smallest absolute Gasteiger partial charge is 0.218 e. The minimum Gasteiger partial charge on any atom is -0.505 e. The predicted molar refractivity (Wildman–Crippen MR) is 418 cm³/mol. The second-order valence-corrected chi connectivity index (χ2v) is 38.0. The van der Waals surface area contributed by atoms with Crippen LogP contribution in [0.3, 0.4) is 0 Å². The lowest BCUT2D eigenvalue weighted by Crippen LogP contribution is -2.45. The standard InChI is InChI=1S/C89H114Cl2N2O4/c1-53(2)55-38-56(40-63(90)39-55)72-46-62(88(25,26)52-82(8,9)10)48-78(93-75-34-30-59(85(17,18)19)43-68(75)69-44-60(86(20,21)22)31-35-76(69)93)89(72,95)97-37-27-36-96-80-65(54(3)4)49-64(91)50-71(80)70-45-61(87(23,24)51-81(5,6)7)47-77(79(70)94)92-73-32-28-57(83(11,12)13)41-66(73)67-42-58(84(14,15)16)29-33-74(67)92/h28-35,38-50,53-54,78,94-95H,27,36-37,51-52H2,1-26H3. The van der Waals surface area contributed by atoms with E-state index < -0.39 is 11.8 Å². The van der Waals surface area contributed by atoms with Crippen LogP contribution >= 0.6 is 23.2 Å². The number of fused-ring (bicyclic) bond motifs is 6. The first kappa shape index (κ1) is 73.4. The van der Waals surface area contributed by atoms with Crippen LogP contribution in [0, 0.1) is 16.2 Å². The van der Waals surface area contributed by atoms with Gasteiger partial charge in [-0.3, -0.25) is 0 Å². The van der Waals surface area contributed by atoms with Crippen molar-refractivity contribution < 1.29 is 19.7 Å². The van der Waals surface area contributed by atoms with Crippen LogP contribution < -0.4 is 4.74 Å². The molecule has 1 aliphatic carbocycles. The van der Waals surface area contributed by atoms with Crippen LogP contribution in [-0.4, -0.2) is 38.3 Å². The summed E-state index contributed by atoms with van der Waals surface area (Å²) in [6.07, 6.45) is 6.68. The third-order valence-corrected chi connectivity index (χ3v) is 20.8. The van der Waals surface area contributed by atoms with Gasteiger partial charge in [0.2, 0.25) is 5.79 Å². The zero-order valence-electron chi connectivity index (χ0n) is 63.8. The summed E-state index contributed by atoms with van der Waals surface area (Å²) >= 11 is 14.5. The van der Waals surface area contributed by atoms with Gasteiger partial charge >= 0.3 is 0 Å². The van der Waals surface area contributed by atoms with Gasteiger partial charge in [0.25, 0.3) is 0 Å². The van der Waals surface area contributed by atoms with Crippen molar-refractivity contribution in [3.05, 3.63) is 188 Å². The van der Waals surface area contributed by atoms with Crippen molar-refractivity contribution in [2.45, 2.75) is 250 Å². The number of hydrogen-bond donors (Lipinski definition) is 2. The van der Waals surface area contributed by atoms with Gasteiger partial charge in [-0.05, 0) is 209 Å². The number of allylic oxidation sites excluding steroid dienone is 2. The Morgan fingerprint density at radius 1 is 0.485 bits per heavy atom. The SMILES string of the molecule is CC(C)c1cc(Cl)cc(C2=CC(C(C)(C)CC(C)(C)C)=CC(n3c4ccc(C(C)(C)C)cc4c4cc(C(C)(C)C)ccc43)C2(O)OCCCOc2c(-c3cc(C(C)(C)CC(C)(C)C)cc(-n4c5ccc(C(C)(C)C)cc5c5cc(C(C)(C)C)ccc54)c3O)cc(Cl)cc2C(C)C)c1. The number of nitrogens with zero attached hydrogens (tertiary/aromatic N) is 2. The second-order valence-electron chi connectivity index (χ2n) is 37.1. The van der Waals surface area contributed by atoms with E-state index in [-0.39, 0.29) is 74.1 Å². The summed E-state index contributed by atoms with van der Waals surface area (Å²) in [4.78, 5) is 0. The molecule has 2 N–H and O–H groups in total. The van der Waals surface area contributed by atoms with Crippen molar-refractivity contribution in [3.8, 4) is 28.3 Å². The van der Waals surface area contributed by atoms with Gasteiger partial charge in [0.15, 0.2) is 0 Å². The molecule has 8 heteroatoms. The van der Waals surface area contributed by atoms with E-state index in [1.165, 1.54) is 22.3 Å². The number of aliphatic hydroxyl groups is 1. The van der Waals surface area contributed by atoms with E-state index in [9.17, 15) is 10.2 Å². The Morgan fingerprint density at radius 3 is 1.39 bits per heavy atom. The molecule has 0 bridgehead atoms. The normalized spacial score (nSPS) is 16.6. The molecular weight excluding hydrogens is 1230 g/mol. The molecule has 0 radical (unpaired) electrons. The number of hydrogen-bond acceptors (Lipinski definition) is 4. The minimum absolute atomic E-state index is 0.00398. The fourth-order valence-corrected chi connectivity index (χ4v) is 16.1. The van der Waals surface area contributed by atoms with Crippen molar-refractivity contribution >= 4 is 72.4 Å². The molecule has 0 aliphatic heterocycles. The fraction of sp³-hybridized carbons (Fsp3) is 0.483. The Balaban J connectivity index is 1.14. The number of phenols is 1. The number of benzene rings is 7. The van der Waals surface area contributed by atoms with E-state index >= 15 is 0 Å². The van der Waals surface area contributed by atoms with Crippen LogP contribution in [0.4, 0.5) is 0 Å². The summed E-state index contributed by atoms with van der Waals surface area (Å²) in [6.45, 7) is 59.4. The molecule has 0 saturated carbocycles. The quantitative estimate of drug-likeness (QED) is 0.0747. The summed E-state index contributed by atoms with van der Waals surface area (Å²) in [5.74, 6) is -0.985. The molecule has 0 fully saturated rings. The van der Waals surface area contributed by atoms with Crippen LogP contribution in [-0.2, 0) is 31.8 Å². The fourth-order valence-electron chi connectivity index (χ4n) is 15.6. The Bertz CT molecular complexity index is 4410. The monoisotopic (exact) mass is 1340 g/mol. The van der Waals surface area contributed by atoms with Gasteiger partial charge in [-0.25, -0.2) is 0 Å². The first-order valence-electron chi connectivity index (χ1n) is 35.7. The molecule has 0 spiro atoms. The Labute approximate surface area is 592 Å². The van der Waals surface area contributed by atoms with Crippen LogP contribution in [0.15, 0.2) is 133 Å². The number of phenolic OH excluding ortho intramolecular Hbond substituents is 1. The van der Waals surface area contributed by atoms with Crippen molar-refractivity contribution in [3.63, 3.8) is 0 Å². The first-order valence-corrected chi connectivity index (χ1v) is 36.5. The van der Waals surface area contributed by atoms with Gasteiger partial charge in [-0.2, -0.15) is 0 Å². The van der Waals surface area contributed by atoms with Crippen molar-refractivity contribution in [2.75, 3.05) is 13.2 Å². The van der Waals surface area contributed by atoms with Crippen molar-refractivity contribution in [1.82, 2.24) is 9.13 Å². The molecule has 6 nitrogen and oxygen atoms in total. The van der Waals surface area contributed by atoms with E-state index in [1.54, 1.807) is 0 Å². The Hall–Kier alpha value is -6.28. The zero-order valence-corrected chi connectivity index (χ0v) is 65.3. The number of aromatic nitrogens is 2. The zero-order chi connectivity index (χ0) is 71.6. The summed E-state index contributed by atoms with van der Waals surface area (Å²) in [5, 5.41) is 33.7. The highest BCUT2D eigenvalue weighted by Gasteiger charge is 2.48. The van der Waals surface area contributed by atoms with E-state index in [2.05, 4.69) is 292 Å². The van der Waals surface area contributed by atoms with Crippen LogP contribution in [0.5, 0.6) is 11.5 Å². The summed E-state index contributed by atoms with van der Waals surface area (Å²) < 4.78 is 19.3. The molecule has 1 aliphatic rings. The number of halogens is 2. The lowest BCUT2D eigenvalue weighted by Gasteiger charge is -2.44. The van der Waals surface area contributed by atoms with E-state index in [0.717, 1.165) is 84.3 Å². The highest BCUT2D eigenvalue weighted by molar-refractivity contribution is 6.31. The molecule has 2 unspecified atom stereocenters.